The number of aliphatic hydroxyl groups is 1. The Morgan fingerprint density at radius 3 is 1.71 bits per heavy atom. The van der Waals surface area contributed by atoms with Gasteiger partial charge >= 0.3 is 23.9 Å². The van der Waals surface area contributed by atoms with E-state index in [4.69, 9.17) is 18.9 Å². The molecule has 0 spiro atoms. The minimum Gasteiger partial charge on any atom is -0.459 e. The van der Waals surface area contributed by atoms with Crippen LogP contribution in [-0.2, 0) is 38.1 Å². The molecule has 0 aliphatic heterocycles. The Balaban J connectivity index is 1.76. The molecule has 2 aromatic carbocycles. The lowest BCUT2D eigenvalue weighted by atomic mass is 9.39. The first kappa shape index (κ1) is 35.9. The zero-order valence-corrected chi connectivity index (χ0v) is 28.9. The molecular formula is C38H44O11. The Hall–Kier alpha value is -4.38. The molecule has 0 heterocycles. The SMILES string of the molecule is CC[C@@]1(C)CC(=O)[C@H]2[C@](O)(C1=O)[C@H](OC(C)=O)C[C@H]1C(C)(C)[C@H](OC(=O)c3ccccc3)[C@H](OC(C)=O)[C@H](OC(=O)c3ccccc3)[C@@]12C. The summed E-state index contributed by atoms with van der Waals surface area (Å²) in [6, 6.07) is 16.2. The molecule has 3 fully saturated rings. The highest BCUT2D eigenvalue weighted by molar-refractivity contribution is 6.06. The summed E-state index contributed by atoms with van der Waals surface area (Å²) in [6.45, 7) is 10.8. The highest BCUT2D eigenvalue weighted by Gasteiger charge is 2.78. The second-order valence-electron chi connectivity index (χ2n) is 14.7. The fraction of sp³-hybridized carbons (Fsp3) is 0.526. The quantitative estimate of drug-likeness (QED) is 0.321. The number of hydrogen-bond donors (Lipinski definition) is 1. The summed E-state index contributed by atoms with van der Waals surface area (Å²) >= 11 is 0. The normalized spacial score (nSPS) is 34.9. The van der Waals surface area contributed by atoms with Gasteiger partial charge in [0.2, 0.25) is 0 Å². The Kier molecular flexibility index (Phi) is 9.40. The van der Waals surface area contributed by atoms with Crippen LogP contribution in [0.2, 0.25) is 0 Å². The highest BCUT2D eigenvalue weighted by atomic mass is 16.6. The first-order valence-electron chi connectivity index (χ1n) is 16.6. The van der Waals surface area contributed by atoms with Crippen molar-refractivity contribution in [3.63, 3.8) is 0 Å². The van der Waals surface area contributed by atoms with Crippen LogP contribution in [0.4, 0.5) is 0 Å². The van der Waals surface area contributed by atoms with Crippen molar-refractivity contribution in [1.82, 2.24) is 0 Å². The van der Waals surface area contributed by atoms with Crippen LogP contribution in [0.3, 0.4) is 0 Å². The monoisotopic (exact) mass is 676 g/mol. The molecular weight excluding hydrogens is 632 g/mol. The van der Waals surface area contributed by atoms with Crippen LogP contribution in [0.5, 0.6) is 0 Å². The predicted molar refractivity (Wildman–Crippen MR) is 174 cm³/mol. The first-order chi connectivity index (χ1) is 22.9. The average molecular weight is 677 g/mol. The first-order valence-corrected chi connectivity index (χ1v) is 16.6. The molecule has 11 heteroatoms. The molecule has 1 N–H and O–H groups in total. The molecule has 262 valence electrons. The number of Topliss-reactive ketones (excluding diaryl/α,β-unsaturated/α-hetero) is 2. The van der Waals surface area contributed by atoms with E-state index in [1.807, 2.05) is 0 Å². The number of benzene rings is 2. The van der Waals surface area contributed by atoms with Crippen LogP contribution in [0.25, 0.3) is 0 Å². The summed E-state index contributed by atoms with van der Waals surface area (Å²) in [4.78, 5) is 81.9. The van der Waals surface area contributed by atoms with Gasteiger partial charge in [-0.1, -0.05) is 71.0 Å². The number of ether oxygens (including phenoxy) is 4. The van der Waals surface area contributed by atoms with E-state index in [1.54, 1.807) is 83.1 Å². The van der Waals surface area contributed by atoms with Crippen LogP contribution in [0.15, 0.2) is 60.7 Å². The van der Waals surface area contributed by atoms with Crippen LogP contribution >= 0.6 is 0 Å². The molecule has 0 bridgehead atoms. The zero-order valence-electron chi connectivity index (χ0n) is 28.9. The van der Waals surface area contributed by atoms with Crippen LogP contribution < -0.4 is 0 Å². The lowest BCUT2D eigenvalue weighted by molar-refractivity contribution is -0.293. The number of carbonyl (C=O) groups excluding carboxylic acids is 6. The third-order valence-corrected chi connectivity index (χ3v) is 11.3. The number of rotatable bonds is 7. The molecule has 5 rings (SSSR count). The van der Waals surface area contributed by atoms with Crippen LogP contribution in [0.1, 0.15) is 88.4 Å². The summed E-state index contributed by atoms with van der Waals surface area (Å²) in [7, 11) is 0. The van der Waals surface area contributed by atoms with E-state index >= 15 is 0 Å². The van der Waals surface area contributed by atoms with Crippen LogP contribution in [0, 0.1) is 28.1 Å². The van der Waals surface area contributed by atoms with E-state index in [-0.39, 0.29) is 30.4 Å². The van der Waals surface area contributed by atoms with Gasteiger partial charge in [0, 0.05) is 36.5 Å². The van der Waals surface area contributed by atoms with E-state index in [0.29, 0.717) is 0 Å². The van der Waals surface area contributed by atoms with Crippen LogP contribution in [-0.4, -0.2) is 70.6 Å². The van der Waals surface area contributed by atoms with Crippen molar-refractivity contribution < 1.29 is 52.8 Å². The second-order valence-corrected chi connectivity index (χ2v) is 14.7. The zero-order chi connectivity index (χ0) is 36.1. The highest BCUT2D eigenvalue weighted by Crippen LogP contribution is 2.67. The number of esters is 4. The molecule has 0 amide bonds. The number of ketones is 2. The maximum absolute atomic E-state index is 14.5. The van der Waals surface area contributed by atoms with Crippen molar-refractivity contribution in [1.29, 1.82) is 0 Å². The fourth-order valence-electron chi connectivity index (χ4n) is 8.90. The van der Waals surface area contributed by atoms with Gasteiger partial charge in [-0.3, -0.25) is 19.2 Å². The van der Waals surface area contributed by atoms with E-state index < -0.39 is 93.5 Å². The maximum atomic E-state index is 14.5. The predicted octanol–water partition coefficient (Wildman–Crippen LogP) is 4.67. The van der Waals surface area contributed by atoms with Crippen molar-refractivity contribution in [2.75, 3.05) is 0 Å². The molecule has 11 nitrogen and oxygen atoms in total. The molecule has 2 aromatic rings. The van der Waals surface area contributed by atoms with Gasteiger partial charge in [-0.2, -0.15) is 0 Å². The summed E-state index contributed by atoms with van der Waals surface area (Å²) in [5.74, 6) is -6.64. The molecule has 49 heavy (non-hydrogen) atoms. The summed E-state index contributed by atoms with van der Waals surface area (Å²) in [6.07, 6.45) is -5.90. The number of fused-ring (bicyclic) bond motifs is 3. The van der Waals surface area contributed by atoms with Gasteiger partial charge in [-0.25, -0.2) is 9.59 Å². The smallest absolute Gasteiger partial charge is 0.338 e. The molecule has 3 aliphatic carbocycles. The van der Waals surface area contributed by atoms with Crippen molar-refractivity contribution in [3.8, 4) is 0 Å². The van der Waals surface area contributed by atoms with E-state index in [2.05, 4.69) is 0 Å². The molecule has 0 aromatic heterocycles. The Labute approximate surface area is 285 Å². The molecule has 3 aliphatic rings. The second kappa shape index (κ2) is 12.8. The van der Waals surface area contributed by atoms with Gasteiger partial charge in [0.25, 0.3) is 0 Å². The van der Waals surface area contributed by atoms with Gasteiger partial charge in [0.05, 0.1) is 17.0 Å². The molecule has 3 saturated carbocycles. The third-order valence-electron chi connectivity index (χ3n) is 11.3. The topological polar surface area (TPSA) is 160 Å². The lowest BCUT2D eigenvalue weighted by Crippen LogP contribution is -2.80. The third kappa shape index (κ3) is 5.85. The minimum atomic E-state index is -2.52. The Morgan fingerprint density at radius 1 is 0.755 bits per heavy atom. The largest absolute Gasteiger partial charge is 0.459 e. The maximum Gasteiger partial charge on any atom is 0.338 e. The standard InChI is InChI=1S/C38H44O11/c1-8-36(6)20-25(41)29-37(7)26(19-27(46-21(2)39)38(29,45)34(36)44)35(4,5)30(48-32(42)23-15-11-9-12-16-23)28(47-22(3)40)31(37)49-33(43)24-17-13-10-14-18-24/h9-18,26-31,45H,8,19-20H2,1-7H3/t26-,27+,28-,29+,30+,31-,36-,37-,38-/m0/s1. The molecule has 0 radical (unpaired) electrons. The van der Waals surface area contributed by atoms with Crippen molar-refractivity contribution in [3.05, 3.63) is 71.8 Å². The van der Waals surface area contributed by atoms with Gasteiger partial charge < -0.3 is 24.1 Å². The summed E-state index contributed by atoms with van der Waals surface area (Å²) in [5, 5.41) is 12.7. The minimum absolute atomic E-state index is 0.153. The van der Waals surface area contributed by atoms with Gasteiger partial charge in [-0.15, -0.1) is 0 Å². The van der Waals surface area contributed by atoms with Crippen molar-refractivity contribution >= 4 is 35.4 Å². The van der Waals surface area contributed by atoms with Gasteiger partial charge in [0.1, 0.15) is 24.1 Å². The van der Waals surface area contributed by atoms with E-state index in [1.165, 1.54) is 12.1 Å². The lowest BCUT2D eigenvalue weighted by Gasteiger charge is -2.67. The Morgan fingerprint density at radius 2 is 1.24 bits per heavy atom. The summed E-state index contributed by atoms with van der Waals surface area (Å²) in [5.41, 5.74) is -6.22. The van der Waals surface area contributed by atoms with Crippen molar-refractivity contribution in [2.45, 2.75) is 97.7 Å². The van der Waals surface area contributed by atoms with E-state index in [0.717, 1.165) is 13.8 Å². The average Bonchev–Trinajstić information content (AvgIpc) is 3.05. The van der Waals surface area contributed by atoms with Gasteiger partial charge in [0.15, 0.2) is 17.5 Å². The molecule has 9 atom stereocenters. The van der Waals surface area contributed by atoms with Crippen molar-refractivity contribution in [2.24, 2.45) is 28.1 Å². The number of carbonyl (C=O) groups is 6. The molecule has 0 saturated heterocycles. The Bertz CT molecular complexity index is 1650. The molecule has 0 unspecified atom stereocenters. The number of hydrogen-bond acceptors (Lipinski definition) is 11. The van der Waals surface area contributed by atoms with E-state index in [9.17, 15) is 33.9 Å². The fourth-order valence-corrected chi connectivity index (χ4v) is 8.90. The summed E-state index contributed by atoms with van der Waals surface area (Å²) < 4.78 is 24.0. The van der Waals surface area contributed by atoms with Gasteiger partial charge in [-0.05, 0) is 43.0 Å².